The zero-order valence-electron chi connectivity index (χ0n) is 34.6. The minimum atomic E-state index is -0.118. The van der Waals surface area contributed by atoms with Crippen LogP contribution in [0.4, 0.5) is 0 Å². The first kappa shape index (κ1) is 36.8. The molecule has 0 fully saturated rings. The molecule has 0 radical (unpaired) electrons. The summed E-state index contributed by atoms with van der Waals surface area (Å²) >= 11 is 0. The van der Waals surface area contributed by atoms with Gasteiger partial charge in [-0.2, -0.15) is 0 Å². The molecule has 1 aliphatic carbocycles. The van der Waals surface area contributed by atoms with Crippen LogP contribution in [-0.2, 0) is 11.8 Å². The van der Waals surface area contributed by atoms with Gasteiger partial charge in [-0.05, 0) is 121 Å². The van der Waals surface area contributed by atoms with E-state index in [0.29, 0.717) is 0 Å². The Morgan fingerprint density at radius 1 is 0.377 bits per heavy atom. The first-order valence-corrected chi connectivity index (χ1v) is 21.6. The zero-order chi connectivity index (χ0) is 40.9. The van der Waals surface area contributed by atoms with Crippen LogP contribution in [0.2, 0.25) is 0 Å². The standard InChI is InChI=1S/C60H46O/c1-60(2)56-37-48(42-13-7-4-8-14-42)30-34-52(56)53-35-32-50(38-57(53)60)51(47-28-26-45(27-29-47)44-24-22-43(23-25-44)41-11-5-3-6-12-41)33-19-40-17-20-46(21-18-40)49-31-36-55-54-15-9-10-16-58(54)61-59(55)39-49/h3-18,20-32,34-39,51H,19,33H2,1-2H3. The molecule has 0 amide bonds. The highest BCUT2D eigenvalue weighted by molar-refractivity contribution is 6.05. The number of aryl methyl sites for hydroxylation is 1. The second-order valence-electron chi connectivity index (χ2n) is 17.2. The first-order chi connectivity index (χ1) is 30.0. The molecular weight excluding hydrogens is 737 g/mol. The fraction of sp³-hybridized carbons (Fsp3) is 0.100. The molecular formula is C60H46O. The summed E-state index contributed by atoms with van der Waals surface area (Å²) in [5, 5.41) is 2.32. The van der Waals surface area contributed by atoms with Crippen LogP contribution in [0.15, 0.2) is 217 Å². The maximum Gasteiger partial charge on any atom is 0.136 e. The lowest BCUT2D eigenvalue weighted by atomic mass is 9.79. The fourth-order valence-electron chi connectivity index (χ4n) is 9.78. The molecule has 0 aliphatic heterocycles. The monoisotopic (exact) mass is 782 g/mol. The second-order valence-corrected chi connectivity index (χ2v) is 17.2. The van der Waals surface area contributed by atoms with Crippen LogP contribution in [0, 0.1) is 0 Å². The van der Waals surface area contributed by atoms with Crippen LogP contribution in [0.1, 0.15) is 54.0 Å². The molecule has 1 unspecified atom stereocenters. The van der Waals surface area contributed by atoms with Gasteiger partial charge in [0.2, 0.25) is 0 Å². The lowest BCUT2D eigenvalue weighted by Gasteiger charge is -2.25. The number of para-hydroxylation sites is 1. The van der Waals surface area contributed by atoms with Gasteiger partial charge in [0.15, 0.2) is 0 Å². The highest BCUT2D eigenvalue weighted by atomic mass is 16.3. The highest BCUT2D eigenvalue weighted by Crippen LogP contribution is 2.51. The van der Waals surface area contributed by atoms with Gasteiger partial charge in [0.1, 0.15) is 11.2 Å². The predicted molar refractivity (Wildman–Crippen MR) is 256 cm³/mol. The minimum absolute atomic E-state index is 0.118. The van der Waals surface area contributed by atoms with E-state index < -0.39 is 0 Å². The topological polar surface area (TPSA) is 13.1 Å². The highest BCUT2D eigenvalue weighted by Gasteiger charge is 2.36. The normalized spacial score (nSPS) is 13.3. The van der Waals surface area contributed by atoms with Crippen LogP contribution in [-0.4, -0.2) is 0 Å². The number of hydrogen-bond acceptors (Lipinski definition) is 1. The van der Waals surface area contributed by atoms with Crippen molar-refractivity contribution in [3.8, 4) is 55.6 Å². The molecule has 0 bridgehead atoms. The van der Waals surface area contributed by atoms with Gasteiger partial charge in [-0.1, -0.05) is 202 Å². The molecule has 1 atom stereocenters. The summed E-state index contributed by atoms with van der Waals surface area (Å²) in [4.78, 5) is 0. The summed E-state index contributed by atoms with van der Waals surface area (Å²) < 4.78 is 6.22. The van der Waals surface area contributed by atoms with E-state index in [-0.39, 0.29) is 11.3 Å². The average Bonchev–Trinajstić information content (AvgIpc) is 3.80. The second kappa shape index (κ2) is 15.1. The average molecular weight is 783 g/mol. The van der Waals surface area contributed by atoms with Crippen LogP contribution in [0.5, 0.6) is 0 Å². The third-order valence-electron chi connectivity index (χ3n) is 13.2. The molecule has 9 aromatic carbocycles. The maximum absolute atomic E-state index is 6.22. The van der Waals surface area contributed by atoms with Gasteiger partial charge in [0.05, 0.1) is 0 Å². The first-order valence-electron chi connectivity index (χ1n) is 21.6. The SMILES string of the molecule is CC1(C)c2cc(-c3ccccc3)ccc2-c2ccc(C(CCc3ccc(-c4ccc5c(c4)oc4ccccc45)cc3)c3ccc(-c4ccc(-c5ccccc5)cc4)cc3)cc21. The molecule has 0 N–H and O–H groups in total. The molecule has 11 rings (SSSR count). The van der Waals surface area contributed by atoms with E-state index in [1.54, 1.807) is 0 Å². The van der Waals surface area contributed by atoms with Crippen molar-refractivity contribution in [1.82, 2.24) is 0 Å². The van der Waals surface area contributed by atoms with Crippen molar-refractivity contribution in [3.63, 3.8) is 0 Å². The summed E-state index contributed by atoms with van der Waals surface area (Å²) in [7, 11) is 0. The van der Waals surface area contributed by atoms with Gasteiger partial charge in [-0.25, -0.2) is 0 Å². The number of benzene rings is 9. The van der Waals surface area contributed by atoms with Crippen molar-refractivity contribution in [2.45, 2.75) is 38.0 Å². The Hall–Kier alpha value is -7.22. The fourth-order valence-corrected chi connectivity index (χ4v) is 9.78. The number of fused-ring (bicyclic) bond motifs is 6. The van der Waals surface area contributed by atoms with Crippen molar-refractivity contribution >= 4 is 21.9 Å². The molecule has 10 aromatic rings. The van der Waals surface area contributed by atoms with Crippen LogP contribution >= 0.6 is 0 Å². The quantitative estimate of drug-likeness (QED) is 0.142. The summed E-state index contributed by atoms with van der Waals surface area (Å²) in [5.74, 6) is 0.231. The molecule has 1 heterocycles. The molecule has 1 heteroatoms. The summed E-state index contributed by atoms with van der Waals surface area (Å²) in [5.41, 5.74) is 21.2. The zero-order valence-corrected chi connectivity index (χ0v) is 34.6. The molecule has 0 saturated carbocycles. The number of hydrogen-bond donors (Lipinski definition) is 0. The Labute approximate surface area is 358 Å². The number of rotatable bonds is 9. The Balaban J connectivity index is 0.901. The predicted octanol–water partition coefficient (Wildman–Crippen LogP) is 16.3. The van der Waals surface area contributed by atoms with Crippen molar-refractivity contribution in [2.24, 2.45) is 0 Å². The molecule has 0 saturated heterocycles. The molecule has 1 aliphatic rings. The van der Waals surface area contributed by atoms with E-state index in [2.05, 4.69) is 214 Å². The van der Waals surface area contributed by atoms with Gasteiger partial charge in [-0.3, -0.25) is 0 Å². The molecule has 0 spiro atoms. The smallest absolute Gasteiger partial charge is 0.136 e. The molecule has 292 valence electrons. The van der Waals surface area contributed by atoms with Gasteiger partial charge in [0, 0.05) is 22.1 Å². The largest absolute Gasteiger partial charge is 0.456 e. The van der Waals surface area contributed by atoms with E-state index in [4.69, 9.17) is 4.42 Å². The Morgan fingerprint density at radius 3 is 1.52 bits per heavy atom. The molecule has 1 aromatic heterocycles. The van der Waals surface area contributed by atoms with Crippen molar-refractivity contribution < 1.29 is 4.42 Å². The Kier molecular flexibility index (Phi) is 9.12. The summed E-state index contributed by atoms with van der Waals surface area (Å²) in [6, 6.07) is 78.0. The van der Waals surface area contributed by atoms with Crippen LogP contribution in [0.3, 0.4) is 0 Å². The van der Waals surface area contributed by atoms with Crippen molar-refractivity contribution in [3.05, 3.63) is 240 Å². The lowest BCUT2D eigenvalue weighted by Crippen LogP contribution is -2.16. The van der Waals surface area contributed by atoms with Gasteiger partial charge in [-0.15, -0.1) is 0 Å². The molecule has 61 heavy (non-hydrogen) atoms. The lowest BCUT2D eigenvalue weighted by molar-refractivity contribution is 0.654. The minimum Gasteiger partial charge on any atom is -0.456 e. The van der Waals surface area contributed by atoms with E-state index in [1.165, 1.54) is 83.5 Å². The Bertz CT molecular complexity index is 3170. The molecule has 1 nitrogen and oxygen atoms in total. The third-order valence-corrected chi connectivity index (χ3v) is 13.2. The number of furan rings is 1. The maximum atomic E-state index is 6.22. The summed E-state index contributed by atoms with van der Waals surface area (Å²) in [6.45, 7) is 4.80. The van der Waals surface area contributed by atoms with Gasteiger partial charge in [0.25, 0.3) is 0 Å². The van der Waals surface area contributed by atoms with Gasteiger partial charge >= 0.3 is 0 Å². The van der Waals surface area contributed by atoms with Crippen molar-refractivity contribution in [1.29, 1.82) is 0 Å². The van der Waals surface area contributed by atoms with Crippen LogP contribution in [0.25, 0.3) is 77.6 Å². The summed E-state index contributed by atoms with van der Waals surface area (Å²) in [6.07, 6.45) is 1.97. The van der Waals surface area contributed by atoms with Gasteiger partial charge < -0.3 is 4.42 Å². The third kappa shape index (κ3) is 6.77. The van der Waals surface area contributed by atoms with E-state index in [0.717, 1.165) is 34.8 Å². The van der Waals surface area contributed by atoms with Crippen LogP contribution < -0.4 is 0 Å². The Morgan fingerprint density at radius 2 is 0.836 bits per heavy atom. The van der Waals surface area contributed by atoms with E-state index in [9.17, 15) is 0 Å². The van der Waals surface area contributed by atoms with Crippen molar-refractivity contribution in [2.75, 3.05) is 0 Å². The van der Waals surface area contributed by atoms with E-state index >= 15 is 0 Å². The van der Waals surface area contributed by atoms with E-state index in [1.807, 2.05) is 12.1 Å².